The lowest BCUT2D eigenvalue weighted by molar-refractivity contribution is -0.198. The van der Waals surface area contributed by atoms with Crippen molar-refractivity contribution in [3.63, 3.8) is 0 Å². The summed E-state index contributed by atoms with van der Waals surface area (Å²) >= 11 is 0. The molecule has 6 aromatic carbocycles. The smallest absolute Gasteiger partial charge is 0.0540 e. The van der Waals surface area contributed by atoms with E-state index in [1.165, 1.54) is 87.8 Å². The van der Waals surface area contributed by atoms with Gasteiger partial charge in [0.15, 0.2) is 0 Å². The van der Waals surface area contributed by atoms with E-state index in [1.807, 2.05) is 0 Å². The summed E-state index contributed by atoms with van der Waals surface area (Å²) < 4.78 is 0. The van der Waals surface area contributed by atoms with Gasteiger partial charge < -0.3 is 4.90 Å². The van der Waals surface area contributed by atoms with Crippen molar-refractivity contribution < 1.29 is 0 Å². The predicted octanol–water partition coefficient (Wildman–Crippen LogP) is 13.0. The lowest BCUT2D eigenvalue weighted by Gasteiger charge is -2.73. The van der Waals surface area contributed by atoms with E-state index in [-0.39, 0.29) is 5.41 Å². The van der Waals surface area contributed by atoms with Crippen LogP contribution in [0.1, 0.15) is 64.0 Å². The maximum absolute atomic E-state index is 2.53. The molecule has 242 valence electrons. The Morgan fingerprint density at radius 3 is 1.92 bits per heavy atom. The Morgan fingerprint density at radius 2 is 1.20 bits per heavy atom. The second kappa shape index (κ2) is 10.4. The Morgan fingerprint density at radius 1 is 0.551 bits per heavy atom. The molecule has 49 heavy (non-hydrogen) atoms. The summed E-state index contributed by atoms with van der Waals surface area (Å²) in [6.07, 6.45) is 7.25. The Hall–Kier alpha value is -4.62. The van der Waals surface area contributed by atoms with E-state index in [2.05, 4.69) is 165 Å². The minimum atomic E-state index is 0.113. The van der Waals surface area contributed by atoms with Gasteiger partial charge in [-0.2, -0.15) is 0 Å². The summed E-state index contributed by atoms with van der Waals surface area (Å²) in [6, 6.07) is 52.5. The maximum atomic E-state index is 2.53. The fraction of sp³-hybridized carbons (Fsp3) is 0.292. The minimum Gasteiger partial charge on any atom is -0.309 e. The first kappa shape index (κ1) is 29.3. The topological polar surface area (TPSA) is 3.24 Å². The van der Waals surface area contributed by atoms with Crippen LogP contribution >= 0.6 is 0 Å². The zero-order chi connectivity index (χ0) is 33.0. The zero-order valence-corrected chi connectivity index (χ0v) is 29.0. The van der Waals surface area contributed by atoms with E-state index in [1.54, 1.807) is 5.56 Å². The highest BCUT2D eigenvalue weighted by molar-refractivity contribution is 6.04. The second-order valence-corrected chi connectivity index (χ2v) is 16.7. The molecular weight excluding hydrogens is 591 g/mol. The predicted molar refractivity (Wildman–Crippen MR) is 206 cm³/mol. The van der Waals surface area contributed by atoms with Crippen molar-refractivity contribution in [1.82, 2.24) is 0 Å². The molecule has 1 heteroatoms. The van der Waals surface area contributed by atoms with Crippen LogP contribution in [-0.4, -0.2) is 0 Å². The summed E-state index contributed by atoms with van der Waals surface area (Å²) in [5.74, 6) is 2.85. The van der Waals surface area contributed by atoms with Gasteiger partial charge in [-0.15, -0.1) is 0 Å². The van der Waals surface area contributed by atoms with E-state index < -0.39 is 0 Å². The average molecular weight is 636 g/mol. The van der Waals surface area contributed by atoms with Gasteiger partial charge in [0.05, 0.1) is 11.4 Å². The minimum absolute atomic E-state index is 0.113. The van der Waals surface area contributed by atoms with Crippen LogP contribution in [0, 0.1) is 23.2 Å². The fourth-order valence-corrected chi connectivity index (χ4v) is 11.6. The van der Waals surface area contributed by atoms with E-state index in [0.29, 0.717) is 10.8 Å². The number of para-hydroxylation sites is 3. The molecule has 0 aromatic heterocycles. The summed E-state index contributed by atoms with van der Waals surface area (Å²) in [4.78, 5) is 2.50. The lowest BCUT2D eigenvalue weighted by atomic mass is 9.30. The highest BCUT2D eigenvalue weighted by Crippen LogP contribution is 2.86. The van der Waals surface area contributed by atoms with Gasteiger partial charge in [-0.05, 0) is 118 Å². The van der Waals surface area contributed by atoms with Crippen LogP contribution in [0.4, 0.5) is 17.1 Å². The number of benzene rings is 6. The Labute approximate surface area is 291 Å². The summed E-state index contributed by atoms with van der Waals surface area (Å²) in [5.41, 5.74) is 12.7. The molecule has 4 saturated carbocycles. The van der Waals surface area contributed by atoms with Gasteiger partial charge >= 0.3 is 0 Å². The van der Waals surface area contributed by atoms with Crippen LogP contribution in [-0.2, 0) is 10.8 Å². The molecule has 4 aliphatic carbocycles. The van der Waals surface area contributed by atoms with Gasteiger partial charge in [0.2, 0.25) is 0 Å². The number of rotatable bonds is 6. The van der Waals surface area contributed by atoms with Crippen LogP contribution < -0.4 is 4.90 Å². The van der Waals surface area contributed by atoms with Gasteiger partial charge in [0.25, 0.3) is 0 Å². The van der Waals surface area contributed by atoms with Gasteiger partial charge in [-0.3, -0.25) is 0 Å². The van der Waals surface area contributed by atoms with Crippen molar-refractivity contribution in [1.29, 1.82) is 0 Å². The first-order valence-electron chi connectivity index (χ1n) is 18.5. The Bertz CT molecular complexity index is 2220. The monoisotopic (exact) mass is 635 g/mol. The molecule has 2 bridgehead atoms. The summed E-state index contributed by atoms with van der Waals surface area (Å²) in [7, 11) is 0. The third-order valence-electron chi connectivity index (χ3n) is 13.5. The number of nitrogens with zero attached hydrogens (tertiary/aromatic N) is 1. The lowest BCUT2D eigenvalue weighted by Crippen LogP contribution is -2.68. The SMILES string of the molecule is CC(C)(C)c1ccc(-c2ccccc2N(c2ccccc2)c2ccccc2-c2cccc3cccc(C45CC6CC7CC(C4)C75C6)c23)cc1. The largest absolute Gasteiger partial charge is 0.309 e. The van der Waals surface area contributed by atoms with Crippen molar-refractivity contribution >= 4 is 27.8 Å². The van der Waals surface area contributed by atoms with Crippen molar-refractivity contribution in [3.05, 3.63) is 151 Å². The molecule has 4 fully saturated rings. The molecule has 1 spiro atoms. The molecule has 0 N–H and O–H groups in total. The standard InChI is InChI=1S/C48H45N/c1-46(2,3)35-25-23-33(24-26-35)39-17-7-9-21-43(39)49(38-15-5-4-6-16-38)44-22-10-8-18-40(44)41-19-11-13-34-14-12-20-42(45(34)41)47-29-32-27-36-28-37(31-47)48(36,47)30-32/h4-26,32,36-37H,27-31H2,1-3H3. The summed E-state index contributed by atoms with van der Waals surface area (Å²) in [6.45, 7) is 6.85. The van der Waals surface area contributed by atoms with Crippen LogP contribution in [0.25, 0.3) is 33.0 Å². The van der Waals surface area contributed by atoms with Crippen LogP contribution in [0.5, 0.6) is 0 Å². The number of fused-ring (bicyclic) bond motifs is 2. The molecule has 0 aliphatic heterocycles. The van der Waals surface area contributed by atoms with Gasteiger partial charge in [-0.25, -0.2) is 0 Å². The van der Waals surface area contributed by atoms with E-state index in [9.17, 15) is 0 Å². The Kier molecular flexibility index (Phi) is 6.25. The molecule has 4 aliphatic rings. The normalized spacial score (nSPS) is 26.2. The third-order valence-corrected chi connectivity index (χ3v) is 13.5. The highest BCUT2D eigenvalue weighted by atomic mass is 15.1. The van der Waals surface area contributed by atoms with Crippen molar-refractivity contribution in [3.8, 4) is 22.3 Å². The molecular formula is C48H45N. The first-order valence-corrected chi connectivity index (χ1v) is 18.5. The maximum Gasteiger partial charge on any atom is 0.0540 e. The van der Waals surface area contributed by atoms with Crippen LogP contribution in [0.3, 0.4) is 0 Å². The molecule has 10 rings (SSSR count). The number of anilines is 3. The van der Waals surface area contributed by atoms with Crippen molar-refractivity contribution in [2.45, 2.75) is 63.7 Å². The first-order chi connectivity index (χ1) is 23.9. The van der Waals surface area contributed by atoms with Crippen molar-refractivity contribution in [2.24, 2.45) is 23.2 Å². The molecule has 0 radical (unpaired) electrons. The second-order valence-electron chi connectivity index (χ2n) is 16.7. The summed E-state index contributed by atoms with van der Waals surface area (Å²) in [5, 5.41) is 2.87. The number of hydrogen-bond acceptors (Lipinski definition) is 1. The van der Waals surface area contributed by atoms with Gasteiger partial charge in [0.1, 0.15) is 0 Å². The zero-order valence-electron chi connectivity index (χ0n) is 29.0. The molecule has 5 unspecified atom stereocenters. The molecule has 5 atom stereocenters. The van der Waals surface area contributed by atoms with Crippen LogP contribution in [0.2, 0.25) is 0 Å². The van der Waals surface area contributed by atoms with E-state index >= 15 is 0 Å². The third kappa shape index (κ3) is 4.05. The molecule has 0 heterocycles. The molecule has 0 saturated heterocycles. The molecule has 0 amide bonds. The van der Waals surface area contributed by atoms with E-state index in [4.69, 9.17) is 0 Å². The molecule has 1 nitrogen and oxygen atoms in total. The molecule has 6 aromatic rings. The highest BCUT2D eigenvalue weighted by Gasteiger charge is 2.80. The number of hydrogen-bond donors (Lipinski definition) is 0. The van der Waals surface area contributed by atoms with Gasteiger partial charge in [0, 0.05) is 22.2 Å². The van der Waals surface area contributed by atoms with E-state index in [0.717, 1.165) is 17.8 Å². The van der Waals surface area contributed by atoms with Gasteiger partial charge in [-0.1, -0.05) is 136 Å². The Balaban J connectivity index is 1.18. The van der Waals surface area contributed by atoms with Crippen LogP contribution in [0.15, 0.2) is 140 Å². The fourth-order valence-electron chi connectivity index (χ4n) is 11.6. The van der Waals surface area contributed by atoms with Crippen molar-refractivity contribution in [2.75, 3.05) is 4.90 Å². The average Bonchev–Trinajstić information content (AvgIpc) is 3.63. The quantitative estimate of drug-likeness (QED) is 0.176.